The second-order valence-corrected chi connectivity index (χ2v) is 5.97. The highest BCUT2D eigenvalue weighted by atomic mass is 16.5. The number of morpholine rings is 1. The van der Waals surface area contributed by atoms with E-state index >= 15 is 0 Å². The molecular weight excluding hydrogens is 264 g/mol. The van der Waals surface area contributed by atoms with Crippen LogP contribution >= 0.6 is 0 Å². The van der Waals surface area contributed by atoms with Crippen LogP contribution in [0.3, 0.4) is 0 Å². The number of nitrogens with zero attached hydrogens (tertiary/aromatic N) is 3. The highest BCUT2D eigenvalue weighted by Gasteiger charge is 2.28. The molecule has 0 saturated carbocycles. The fraction of sp³-hybridized carbons (Fsp3) is 0.812. The van der Waals surface area contributed by atoms with E-state index in [2.05, 4.69) is 35.2 Å². The van der Waals surface area contributed by atoms with Crippen LogP contribution in [-0.4, -0.2) is 59.6 Å². The first kappa shape index (κ1) is 16.5. The molecule has 0 aromatic carbocycles. The van der Waals surface area contributed by atoms with Gasteiger partial charge in [-0.3, -0.25) is 9.58 Å². The van der Waals surface area contributed by atoms with Crippen molar-refractivity contribution in [3.63, 3.8) is 0 Å². The summed E-state index contributed by atoms with van der Waals surface area (Å²) in [5.74, 6) is 0. The van der Waals surface area contributed by atoms with E-state index in [1.165, 1.54) is 5.69 Å². The molecule has 120 valence electrons. The zero-order valence-corrected chi connectivity index (χ0v) is 13.9. The van der Waals surface area contributed by atoms with Crippen molar-refractivity contribution >= 4 is 0 Å². The van der Waals surface area contributed by atoms with Gasteiger partial charge < -0.3 is 10.1 Å². The summed E-state index contributed by atoms with van der Waals surface area (Å²) in [6.07, 6.45) is 2.38. The van der Waals surface area contributed by atoms with Gasteiger partial charge in [-0.2, -0.15) is 5.10 Å². The quantitative estimate of drug-likeness (QED) is 0.824. The van der Waals surface area contributed by atoms with Crippen molar-refractivity contribution in [3.8, 4) is 0 Å². The highest BCUT2D eigenvalue weighted by molar-refractivity contribution is 5.11. The van der Waals surface area contributed by atoms with Crippen molar-refractivity contribution in [2.75, 3.05) is 32.8 Å². The van der Waals surface area contributed by atoms with Gasteiger partial charge in [-0.05, 0) is 32.5 Å². The van der Waals surface area contributed by atoms with Gasteiger partial charge in [0.05, 0.1) is 18.4 Å². The van der Waals surface area contributed by atoms with Gasteiger partial charge in [0.2, 0.25) is 0 Å². The van der Waals surface area contributed by atoms with Gasteiger partial charge >= 0.3 is 0 Å². The van der Waals surface area contributed by atoms with E-state index in [4.69, 9.17) is 4.74 Å². The molecule has 1 saturated heterocycles. The van der Waals surface area contributed by atoms with Crippen molar-refractivity contribution in [3.05, 3.63) is 17.5 Å². The van der Waals surface area contributed by atoms with Crippen molar-refractivity contribution in [2.45, 2.75) is 45.8 Å². The summed E-state index contributed by atoms with van der Waals surface area (Å²) < 4.78 is 8.05. The van der Waals surface area contributed by atoms with Gasteiger partial charge in [0.15, 0.2) is 0 Å². The lowest BCUT2D eigenvalue weighted by atomic mass is 10.0. The van der Waals surface area contributed by atoms with Crippen LogP contribution in [0.1, 0.15) is 31.7 Å². The normalized spacial score (nSPS) is 21.6. The maximum atomic E-state index is 6.05. The van der Waals surface area contributed by atoms with Crippen LogP contribution in [0.25, 0.3) is 0 Å². The van der Waals surface area contributed by atoms with Crippen molar-refractivity contribution in [1.82, 2.24) is 20.0 Å². The number of rotatable bonds is 7. The van der Waals surface area contributed by atoms with Gasteiger partial charge in [0.25, 0.3) is 0 Å². The largest absolute Gasteiger partial charge is 0.374 e. The van der Waals surface area contributed by atoms with Crippen LogP contribution in [0.5, 0.6) is 0 Å². The predicted molar refractivity (Wildman–Crippen MR) is 85.6 cm³/mol. The summed E-state index contributed by atoms with van der Waals surface area (Å²) in [4.78, 5) is 2.48. The van der Waals surface area contributed by atoms with Crippen molar-refractivity contribution in [1.29, 1.82) is 0 Å². The first-order valence-electron chi connectivity index (χ1n) is 8.20. The molecule has 0 spiro atoms. The lowest BCUT2D eigenvalue weighted by Crippen LogP contribution is -2.53. The average Bonchev–Trinajstić information content (AvgIpc) is 2.81. The minimum absolute atomic E-state index is 0.264. The van der Waals surface area contributed by atoms with Gasteiger partial charge in [-0.1, -0.05) is 13.8 Å². The Morgan fingerprint density at radius 2 is 2.29 bits per heavy atom. The maximum Gasteiger partial charge on any atom is 0.0859 e. The Morgan fingerprint density at radius 3 is 2.90 bits per heavy atom. The Hall–Kier alpha value is -0.910. The van der Waals surface area contributed by atoms with E-state index in [1.807, 2.05) is 18.7 Å². The first-order valence-corrected chi connectivity index (χ1v) is 8.20. The molecule has 1 aromatic rings. The molecule has 0 aliphatic carbocycles. The number of hydrogen-bond acceptors (Lipinski definition) is 4. The molecule has 5 nitrogen and oxygen atoms in total. The van der Waals surface area contributed by atoms with Crippen molar-refractivity contribution < 1.29 is 4.74 Å². The van der Waals surface area contributed by atoms with Crippen molar-refractivity contribution in [2.24, 2.45) is 7.05 Å². The summed E-state index contributed by atoms with van der Waals surface area (Å²) >= 11 is 0. The molecule has 2 heterocycles. The van der Waals surface area contributed by atoms with Crippen LogP contribution in [0.4, 0.5) is 0 Å². The molecular formula is C16H30N4O. The van der Waals surface area contributed by atoms with Gasteiger partial charge in [0, 0.05) is 38.3 Å². The molecule has 1 aliphatic heterocycles. The predicted octanol–water partition coefficient (Wildman–Crippen LogP) is 1.36. The fourth-order valence-corrected chi connectivity index (χ4v) is 3.01. The number of hydrogen-bond donors (Lipinski definition) is 1. The van der Waals surface area contributed by atoms with E-state index in [9.17, 15) is 0 Å². The Balaban J connectivity index is 2.04. The average molecular weight is 294 g/mol. The van der Waals surface area contributed by atoms with Crippen LogP contribution in [-0.2, 0) is 18.2 Å². The molecule has 0 amide bonds. The summed E-state index contributed by atoms with van der Waals surface area (Å²) in [5.41, 5.74) is 2.36. The molecule has 0 bridgehead atoms. The molecule has 1 aliphatic rings. The molecule has 2 rings (SSSR count). The Kier molecular flexibility index (Phi) is 6.21. The molecule has 1 fully saturated rings. The van der Waals surface area contributed by atoms with E-state index in [0.717, 1.165) is 51.3 Å². The molecule has 1 N–H and O–H groups in total. The number of ether oxygens (including phenoxy) is 1. The Morgan fingerprint density at radius 1 is 1.48 bits per heavy atom. The minimum Gasteiger partial charge on any atom is -0.374 e. The van der Waals surface area contributed by atoms with E-state index in [0.29, 0.717) is 6.04 Å². The molecule has 21 heavy (non-hydrogen) atoms. The van der Waals surface area contributed by atoms with Gasteiger partial charge in [0.1, 0.15) is 0 Å². The Bertz CT molecular complexity index is 432. The van der Waals surface area contributed by atoms with E-state index in [1.54, 1.807) is 0 Å². The number of likely N-dealkylation sites (N-methyl/N-ethyl adjacent to an activating group) is 1. The standard InChI is InChI=1S/C16H30N4O/c1-5-7-17-15(11-14-10-13(3)18-19(14)4)16-12-20(6-2)8-9-21-16/h10,15-17H,5-9,11-12H2,1-4H3. The topological polar surface area (TPSA) is 42.3 Å². The van der Waals surface area contributed by atoms with Crippen LogP contribution in [0, 0.1) is 6.92 Å². The molecule has 0 radical (unpaired) electrons. The summed E-state index contributed by atoms with van der Waals surface area (Å²) in [5, 5.41) is 8.13. The SMILES string of the molecule is CCCNC(Cc1cc(C)nn1C)C1CN(CC)CCO1. The third kappa shape index (κ3) is 4.53. The summed E-state index contributed by atoms with van der Waals surface area (Å²) in [7, 11) is 2.03. The number of nitrogens with one attached hydrogen (secondary N) is 1. The van der Waals surface area contributed by atoms with Gasteiger partial charge in [-0.25, -0.2) is 0 Å². The first-order chi connectivity index (χ1) is 10.1. The fourth-order valence-electron chi connectivity index (χ4n) is 3.01. The molecule has 1 aromatic heterocycles. The third-order valence-electron chi connectivity index (χ3n) is 4.26. The zero-order chi connectivity index (χ0) is 15.2. The number of aromatic nitrogens is 2. The maximum absolute atomic E-state index is 6.05. The third-order valence-corrected chi connectivity index (χ3v) is 4.26. The summed E-state index contributed by atoms with van der Waals surface area (Å²) in [6, 6.07) is 2.54. The lowest BCUT2D eigenvalue weighted by molar-refractivity contribution is -0.0449. The zero-order valence-electron chi connectivity index (χ0n) is 13.9. The Labute approximate surface area is 128 Å². The van der Waals surface area contributed by atoms with E-state index < -0.39 is 0 Å². The molecule has 5 heteroatoms. The van der Waals surface area contributed by atoms with Crippen LogP contribution in [0.15, 0.2) is 6.07 Å². The van der Waals surface area contributed by atoms with E-state index in [-0.39, 0.29) is 6.10 Å². The number of aryl methyl sites for hydroxylation is 2. The highest BCUT2D eigenvalue weighted by Crippen LogP contribution is 2.14. The monoisotopic (exact) mass is 294 g/mol. The van der Waals surface area contributed by atoms with Gasteiger partial charge in [-0.15, -0.1) is 0 Å². The molecule has 2 unspecified atom stereocenters. The smallest absolute Gasteiger partial charge is 0.0859 e. The minimum atomic E-state index is 0.264. The summed E-state index contributed by atoms with van der Waals surface area (Å²) in [6.45, 7) is 11.5. The lowest BCUT2D eigenvalue weighted by Gasteiger charge is -2.37. The second kappa shape index (κ2) is 7.92. The van der Waals surface area contributed by atoms with Crippen LogP contribution in [0.2, 0.25) is 0 Å². The second-order valence-electron chi connectivity index (χ2n) is 5.97. The van der Waals surface area contributed by atoms with Crippen LogP contribution < -0.4 is 5.32 Å². The molecule has 2 atom stereocenters.